The molecule has 1 aromatic rings. The summed E-state index contributed by atoms with van der Waals surface area (Å²) >= 11 is -0.0691. The molecule has 0 radical (unpaired) electrons. The SMILES string of the molecule is Cc1cc(OC(=N)SC(=N)C(F)(F)F)c(C)cc1NC1=NCCC1. The Morgan fingerprint density at radius 2 is 1.96 bits per heavy atom. The van der Waals surface area contributed by atoms with E-state index in [-0.39, 0.29) is 11.8 Å². The highest BCUT2D eigenvalue weighted by Gasteiger charge is 2.36. The number of aryl methyl sites for hydroxylation is 2. The van der Waals surface area contributed by atoms with E-state index in [1.165, 1.54) is 0 Å². The number of hydrogen-bond donors (Lipinski definition) is 3. The summed E-state index contributed by atoms with van der Waals surface area (Å²) in [6.07, 6.45) is -2.88. The first kappa shape index (κ1) is 18.3. The van der Waals surface area contributed by atoms with Gasteiger partial charge in [-0.1, -0.05) is 0 Å². The molecule has 5 nitrogen and oxygen atoms in total. The fourth-order valence-corrected chi connectivity index (χ4v) is 2.54. The number of benzene rings is 1. The summed E-state index contributed by atoms with van der Waals surface area (Å²) in [7, 11) is 0. The molecule has 2 rings (SSSR count). The molecule has 9 heteroatoms. The van der Waals surface area contributed by atoms with Crippen molar-refractivity contribution in [2.24, 2.45) is 4.99 Å². The summed E-state index contributed by atoms with van der Waals surface area (Å²) in [5.74, 6) is 1.20. The summed E-state index contributed by atoms with van der Waals surface area (Å²) in [5.41, 5.74) is 2.35. The van der Waals surface area contributed by atoms with Crippen LogP contribution < -0.4 is 10.1 Å². The van der Waals surface area contributed by atoms with Gasteiger partial charge in [-0.3, -0.25) is 15.8 Å². The number of rotatable bonds is 2. The Hall–Kier alpha value is -2.03. The monoisotopic (exact) mass is 358 g/mol. The summed E-state index contributed by atoms with van der Waals surface area (Å²) in [6, 6.07) is 3.46. The Labute approximate surface area is 141 Å². The predicted molar refractivity (Wildman–Crippen MR) is 90.8 cm³/mol. The van der Waals surface area contributed by atoms with Gasteiger partial charge in [0.15, 0.2) is 5.04 Å². The van der Waals surface area contributed by atoms with Crippen LogP contribution in [0.5, 0.6) is 5.75 Å². The van der Waals surface area contributed by atoms with Crippen LogP contribution in [0.4, 0.5) is 18.9 Å². The van der Waals surface area contributed by atoms with Gasteiger partial charge in [0.05, 0.1) is 0 Å². The molecule has 0 saturated heterocycles. The number of aliphatic imine (C=N–C) groups is 1. The number of nitrogens with zero attached hydrogens (tertiary/aromatic N) is 1. The molecule has 1 heterocycles. The van der Waals surface area contributed by atoms with E-state index in [4.69, 9.17) is 15.6 Å². The van der Waals surface area contributed by atoms with Crippen LogP contribution in [0.15, 0.2) is 17.1 Å². The molecule has 1 aliphatic heterocycles. The lowest BCUT2D eigenvalue weighted by Gasteiger charge is -2.15. The van der Waals surface area contributed by atoms with Crippen LogP contribution in [0.2, 0.25) is 0 Å². The summed E-state index contributed by atoms with van der Waals surface area (Å²) in [5, 5.41) is 15.3. The second-order valence-electron chi connectivity index (χ2n) is 5.31. The van der Waals surface area contributed by atoms with E-state index in [1.807, 2.05) is 6.92 Å². The van der Waals surface area contributed by atoms with Crippen LogP contribution in [-0.2, 0) is 0 Å². The van der Waals surface area contributed by atoms with Gasteiger partial charge in [0, 0.05) is 18.7 Å². The lowest BCUT2D eigenvalue weighted by Crippen LogP contribution is -2.21. The maximum absolute atomic E-state index is 12.3. The average molecular weight is 358 g/mol. The zero-order chi connectivity index (χ0) is 17.9. The van der Waals surface area contributed by atoms with E-state index in [0.717, 1.165) is 36.5 Å². The van der Waals surface area contributed by atoms with Crippen LogP contribution in [0.25, 0.3) is 0 Å². The van der Waals surface area contributed by atoms with E-state index in [0.29, 0.717) is 11.3 Å². The largest absolute Gasteiger partial charge is 0.439 e. The first-order valence-corrected chi connectivity index (χ1v) is 8.00. The topological polar surface area (TPSA) is 81.3 Å². The lowest BCUT2D eigenvalue weighted by molar-refractivity contribution is -0.0560. The predicted octanol–water partition coefficient (Wildman–Crippen LogP) is 4.49. The highest BCUT2D eigenvalue weighted by Crippen LogP contribution is 2.30. The number of alkyl halides is 3. The molecule has 0 unspecified atom stereocenters. The Kier molecular flexibility index (Phi) is 5.53. The maximum Gasteiger partial charge on any atom is 0.439 e. The molecule has 1 aromatic carbocycles. The number of amidine groups is 1. The van der Waals surface area contributed by atoms with Crippen molar-refractivity contribution in [1.29, 1.82) is 10.8 Å². The summed E-state index contributed by atoms with van der Waals surface area (Å²) in [6.45, 7) is 4.38. The molecular formula is C15H17F3N4OS. The zero-order valence-electron chi connectivity index (χ0n) is 13.2. The van der Waals surface area contributed by atoms with Gasteiger partial charge in [0.2, 0.25) is 0 Å². The second kappa shape index (κ2) is 7.25. The van der Waals surface area contributed by atoms with E-state index in [9.17, 15) is 13.2 Å². The third-order valence-corrected chi connectivity index (χ3v) is 4.03. The van der Waals surface area contributed by atoms with Gasteiger partial charge in [-0.2, -0.15) is 13.2 Å². The van der Waals surface area contributed by atoms with Crippen molar-refractivity contribution in [3.63, 3.8) is 0 Å². The van der Waals surface area contributed by atoms with Gasteiger partial charge in [-0.25, -0.2) is 0 Å². The number of ether oxygens (including phenoxy) is 1. The van der Waals surface area contributed by atoms with Crippen LogP contribution in [0.1, 0.15) is 24.0 Å². The fraction of sp³-hybridized carbons (Fsp3) is 0.400. The van der Waals surface area contributed by atoms with E-state index in [2.05, 4.69) is 10.3 Å². The molecule has 0 bridgehead atoms. The fourth-order valence-electron chi connectivity index (χ4n) is 2.10. The van der Waals surface area contributed by atoms with Gasteiger partial charge in [0.25, 0.3) is 5.23 Å². The van der Waals surface area contributed by atoms with Crippen molar-refractivity contribution in [2.45, 2.75) is 32.9 Å². The molecule has 1 aliphatic rings. The van der Waals surface area contributed by atoms with Crippen LogP contribution in [-0.4, -0.2) is 28.8 Å². The smallest absolute Gasteiger partial charge is 0.434 e. The van der Waals surface area contributed by atoms with Crippen LogP contribution >= 0.6 is 11.8 Å². The minimum Gasteiger partial charge on any atom is -0.434 e. The molecule has 24 heavy (non-hydrogen) atoms. The molecule has 0 atom stereocenters. The van der Waals surface area contributed by atoms with Gasteiger partial charge < -0.3 is 10.1 Å². The first-order valence-electron chi connectivity index (χ1n) is 7.18. The maximum atomic E-state index is 12.3. The van der Waals surface area contributed by atoms with Crippen molar-refractivity contribution in [2.75, 3.05) is 11.9 Å². The molecular weight excluding hydrogens is 341 g/mol. The Bertz CT molecular complexity index is 701. The molecule has 0 aliphatic carbocycles. The van der Waals surface area contributed by atoms with E-state index >= 15 is 0 Å². The number of halogens is 3. The number of thioether (sulfide) groups is 1. The highest BCUT2D eigenvalue weighted by atomic mass is 32.2. The average Bonchev–Trinajstić information content (AvgIpc) is 2.96. The standard InChI is InChI=1S/C15H17F3N4OS/c1-8-7-11(23-14(20)24-13(19)15(16,17)18)9(2)6-10(8)22-12-4-3-5-21-12/h6-7,19-20H,3-5H2,1-2H3,(H,21,22). The molecule has 130 valence electrons. The minimum absolute atomic E-state index is 0.0691. The zero-order valence-corrected chi connectivity index (χ0v) is 14.0. The first-order chi connectivity index (χ1) is 11.2. The molecule has 0 saturated carbocycles. The van der Waals surface area contributed by atoms with Crippen molar-refractivity contribution < 1.29 is 17.9 Å². The van der Waals surface area contributed by atoms with Gasteiger partial charge in [-0.05, 0) is 55.3 Å². The van der Waals surface area contributed by atoms with E-state index in [1.54, 1.807) is 19.1 Å². The normalized spacial score (nSPS) is 14.3. The molecule has 0 aromatic heterocycles. The number of hydrogen-bond acceptors (Lipinski definition) is 6. The van der Waals surface area contributed by atoms with Crippen LogP contribution in [0, 0.1) is 24.7 Å². The summed E-state index contributed by atoms with van der Waals surface area (Å²) in [4.78, 5) is 4.33. The lowest BCUT2D eigenvalue weighted by atomic mass is 10.1. The second-order valence-corrected chi connectivity index (χ2v) is 6.29. The Morgan fingerprint density at radius 3 is 2.54 bits per heavy atom. The van der Waals surface area contributed by atoms with Gasteiger partial charge >= 0.3 is 6.18 Å². The van der Waals surface area contributed by atoms with Crippen molar-refractivity contribution in [3.05, 3.63) is 23.3 Å². The third-order valence-electron chi connectivity index (χ3n) is 3.33. The molecule has 0 spiro atoms. The molecule has 0 fully saturated rings. The highest BCUT2D eigenvalue weighted by molar-refractivity contribution is 8.26. The van der Waals surface area contributed by atoms with Crippen molar-refractivity contribution >= 4 is 33.6 Å². The van der Waals surface area contributed by atoms with Crippen molar-refractivity contribution in [3.8, 4) is 5.75 Å². The van der Waals surface area contributed by atoms with Crippen molar-refractivity contribution in [1.82, 2.24) is 0 Å². The molecule has 3 N–H and O–H groups in total. The number of nitrogens with one attached hydrogen (secondary N) is 3. The third kappa shape index (κ3) is 4.73. The summed E-state index contributed by atoms with van der Waals surface area (Å²) < 4.78 is 42.1. The molecule has 0 amide bonds. The quantitative estimate of drug-likeness (QED) is 0.538. The minimum atomic E-state index is -4.78. The Morgan fingerprint density at radius 1 is 1.25 bits per heavy atom. The van der Waals surface area contributed by atoms with Gasteiger partial charge in [0.1, 0.15) is 11.6 Å². The number of anilines is 1. The van der Waals surface area contributed by atoms with Crippen LogP contribution in [0.3, 0.4) is 0 Å². The van der Waals surface area contributed by atoms with E-state index < -0.39 is 16.4 Å². The Balaban J connectivity index is 2.07. The van der Waals surface area contributed by atoms with Gasteiger partial charge in [-0.15, -0.1) is 0 Å².